The van der Waals surface area contributed by atoms with Crippen molar-refractivity contribution >= 4 is 12.0 Å². The van der Waals surface area contributed by atoms with Crippen LogP contribution in [0.1, 0.15) is 38.4 Å². The molecule has 1 aromatic carbocycles. The van der Waals surface area contributed by atoms with E-state index in [1.807, 2.05) is 44.2 Å². The maximum absolute atomic E-state index is 12.0. The van der Waals surface area contributed by atoms with Gasteiger partial charge >= 0.3 is 0 Å². The second kappa shape index (κ2) is 6.22. The van der Waals surface area contributed by atoms with Gasteiger partial charge < -0.3 is 10.2 Å². The first-order valence-electron chi connectivity index (χ1n) is 7.07. The van der Waals surface area contributed by atoms with E-state index in [9.17, 15) is 15.0 Å². The van der Waals surface area contributed by atoms with E-state index in [1.165, 1.54) is 6.21 Å². The number of nitrogens with zero attached hydrogens (tertiary/aromatic N) is 1. The molecule has 4 heteroatoms. The molecule has 1 atom stereocenters. The van der Waals surface area contributed by atoms with Crippen LogP contribution in [0.25, 0.3) is 0 Å². The molecule has 0 aromatic heterocycles. The van der Waals surface area contributed by atoms with Crippen molar-refractivity contribution in [2.75, 3.05) is 6.54 Å². The lowest BCUT2D eigenvalue weighted by molar-refractivity contribution is -0.117. The van der Waals surface area contributed by atoms with Gasteiger partial charge in [-0.3, -0.25) is 9.79 Å². The average molecular weight is 287 g/mol. The van der Waals surface area contributed by atoms with E-state index in [0.29, 0.717) is 12.8 Å². The zero-order chi connectivity index (χ0) is 15.5. The molecule has 0 unspecified atom stereocenters. The topological polar surface area (TPSA) is 69.9 Å². The van der Waals surface area contributed by atoms with E-state index in [0.717, 1.165) is 5.56 Å². The molecule has 0 fully saturated rings. The minimum atomic E-state index is -0.708. The normalized spacial score (nSPS) is 20.0. The van der Waals surface area contributed by atoms with Crippen LogP contribution < -0.4 is 0 Å². The Morgan fingerprint density at radius 3 is 2.57 bits per heavy atom. The number of hydrogen-bond donors (Lipinski definition) is 2. The van der Waals surface area contributed by atoms with Crippen LogP contribution in [0.5, 0.6) is 0 Å². The van der Waals surface area contributed by atoms with Crippen LogP contribution in [0.2, 0.25) is 0 Å². The zero-order valence-electron chi connectivity index (χ0n) is 12.4. The van der Waals surface area contributed by atoms with Crippen molar-refractivity contribution in [1.29, 1.82) is 0 Å². The van der Waals surface area contributed by atoms with Gasteiger partial charge in [-0.05, 0) is 11.0 Å². The first kappa shape index (κ1) is 15.4. The first-order valence-corrected chi connectivity index (χ1v) is 7.07. The Morgan fingerprint density at radius 2 is 1.95 bits per heavy atom. The molecule has 0 spiro atoms. The maximum atomic E-state index is 12.0. The minimum absolute atomic E-state index is 0.0919. The molecule has 1 aliphatic carbocycles. The Kier molecular flexibility index (Phi) is 4.58. The fourth-order valence-corrected chi connectivity index (χ4v) is 2.47. The standard InChI is InChI=1S/C17H21NO3/c1-17(2)8-14(19)13(15(20)9-17)10-18-11-16(21)12-6-4-3-5-7-12/h3-7,10,16,19,21H,8-9,11H2,1-2H3/t16-/m1/s1. The van der Waals surface area contributed by atoms with E-state index in [4.69, 9.17) is 0 Å². The molecule has 0 radical (unpaired) electrons. The smallest absolute Gasteiger partial charge is 0.168 e. The molecular weight excluding hydrogens is 266 g/mol. The molecule has 1 aromatic rings. The largest absolute Gasteiger partial charge is 0.511 e. The predicted octanol–water partition coefficient (Wildman–Crippen LogP) is 2.99. The summed E-state index contributed by atoms with van der Waals surface area (Å²) in [5, 5.41) is 19.9. The van der Waals surface area contributed by atoms with Crippen LogP contribution in [0.15, 0.2) is 46.7 Å². The summed E-state index contributed by atoms with van der Waals surface area (Å²) in [5.41, 5.74) is 0.848. The fraction of sp³-hybridized carbons (Fsp3) is 0.412. The molecule has 0 heterocycles. The molecular formula is C17H21NO3. The van der Waals surface area contributed by atoms with Crippen LogP contribution in [-0.2, 0) is 4.79 Å². The number of hydrogen-bond acceptors (Lipinski definition) is 4. The van der Waals surface area contributed by atoms with Gasteiger partial charge in [0.2, 0.25) is 0 Å². The third-order valence-electron chi connectivity index (χ3n) is 3.58. The van der Waals surface area contributed by atoms with Crippen molar-refractivity contribution in [1.82, 2.24) is 0 Å². The SMILES string of the molecule is CC1(C)CC(=O)C(C=NC[C@@H](O)c2ccccc2)=C(O)C1. The van der Waals surface area contributed by atoms with Gasteiger partial charge in [-0.25, -0.2) is 0 Å². The van der Waals surface area contributed by atoms with Crippen LogP contribution in [-0.4, -0.2) is 28.8 Å². The number of carbonyl (C=O) groups is 1. The van der Waals surface area contributed by atoms with E-state index in [1.54, 1.807) is 0 Å². The quantitative estimate of drug-likeness (QED) is 0.836. The summed E-state index contributed by atoms with van der Waals surface area (Å²) >= 11 is 0. The molecule has 4 nitrogen and oxygen atoms in total. The number of aliphatic hydroxyl groups is 2. The summed E-state index contributed by atoms with van der Waals surface area (Å²) in [6, 6.07) is 9.23. The van der Waals surface area contributed by atoms with E-state index >= 15 is 0 Å². The molecule has 0 saturated heterocycles. The maximum Gasteiger partial charge on any atom is 0.168 e. The Bertz CT molecular complexity index is 573. The van der Waals surface area contributed by atoms with Gasteiger partial charge in [0.05, 0.1) is 18.2 Å². The summed E-state index contributed by atoms with van der Waals surface area (Å²) in [5.74, 6) is -0.00379. The second-order valence-electron chi connectivity index (χ2n) is 6.22. The molecule has 0 bridgehead atoms. The highest BCUT2D eigenvalue weighted by atomic mass is 16.3. The summed E-state index contributed by atoms with van der Waals surface area (Å²) in [6.07, 6.45) is 1.56. The highest BCUT2D eigenvalue weighted by Crippen LogP contribution is 2.35. The predicted molar refractivity (Wildman–Crippen MR) is 82.4 cm³/mol. The van der Waals surface area contributed by atoms with Crippen molar-refractivity contribution < 1.29 is 15.0 Å². The Morgan fingerprint density at radius 1 is 1.29 bits per heavy atom. The van der Waals surface area contributed by atoms with Crippen LogP contribution in [0, 0.1) is 5.41 Å². The second-order valence-corrected chi connectivity index (χ2v) is 6.22. The molecule has 2 N–H and O–H groups in total. The Labute approximate surface area is 124 Å². The van der Waals surface area contributed by atoms with Crippen LogP contribution >= 0.6 is 0 Å². The molecule has 0 aliphatic heterocycles. The van der Waals surface area contributed by atoms with Gasteiger partial charge in [0.1, 0.15) is 5.76 Å². The minimum Gasteiger partial charge on any atom is -0.511 e. The lowest BCUT2D eigenvalue weighted by Gasteiger charge is -2.28. The molecule has 112 valence electrons. The first-order chi connectivity index (χ1) is 9.89. The number of aliphatic hydroxyl groups excluding tert-OH is 2. The van der Waals surface area contributed by atoms with Crippen molar-refractivity contribution in [2.24, 2.45) is 10.4 Å². The fourth-order valence-electron chi connectivity index (χ4n) is 2.47. The number of allylic oxidation sites excluding steroid dienone is 2. The van der Waals surface area contributed by atoms with Gasteiger partial charge in [-0.1, -0.05) is 44.2 Å². The molecule has 1 aliphatic rings. The molecule has 2 rings (SSSR count). The zero-order valence-corrected chi connectivity index (χ0v) is 12.4. The molecule has 21 heavy (non-hydrogen) atoms. The molecule has 0 amide bonds. The summed E-state index contributed by atoms with van der Waals surface area (Å²) < 4.78 is 0. The highest BCUT2D eigenvalue weighted by molar-refractivity contribution is 6.14. The lowest BCUT2D eigenvalue weighted by Crippen LogP contribution is -2.26. The van der Waals surface area contributed by atoms with Crippen molar-refractivity contribution in [3.05, 3.63) is 47.2 Å². The van der Waals surface area contributed by atoms with E-state index in [2.05, 4.69) is 4.99 Å². The number of carbonyl (C=O) groups excluding carboxylic acids is 1. The van der Waals surface area contributed by atoms with E-state index < -0.39 is 6.10 Å². The van der Waals surface area contributed by atoms with Gasteiger partial charge in [-0.2, -0.15) is 0 Å². The van der Waals surface area contributed by atoms with Crippen molar-refractivity contribution in [3.63, 3.8) is 0 Å². The average Bonchev–Trinajstić information content (AvgIpc) is 2.41. The Balaban J connectivity index is 2.03. The Hall–Kier alpha value is -1.94. The van der Waals surface area contributed by atoms with Gasteiger partial charge in [0.25, 0.3) is 0 Å². The number of benzene rings is 1. The van der Waals surface area contributed by atoms with Gasteiger partial charge in [0, 0.05) is 19.1 Å². The summed E-state index contributed by atoms with van der Waals surface area (Å²) in [7, 11) is 0. The highest BCUT2D eigenvalue weighted by Gasteiger charge is 2.32. The lowest BCUT2D eigenvalue weighted by atomic mass is 9.77. The summed E-state index contributed by atoms with van der Waals surface area (Å²) in [4.78, 5) is 16.1. The number of Topliss-reactive ketones (excluding diaryl/α,β-unsaturated/α-hetero) is 1. The number of ketones is 1. The summed E-state index contributed by atoms with van der Waals surface area (Å²) in [6.45, 7) is 4.07. The van der Waals surface area contributed by atoms with Gasteiger partial charge in [-0.15, -0.1) is 0 Å². The van der Waals surface area contributed by atoms with E-state index in [-0.39, 0.29) is 29.1 Å². The van der Waals surface area contributed by atoms with Gasteiger partial charge in [0.15, 0.2) is 5.78 Å². The number of rotatable bonds is 4. The van der Waals surface area contributed by atoms with Crippen molar-refractivity contribution in [2.45, 2.75) is 32.8 Å². The van der Waals surface area contributed by atoms with Crippen LogP contribution in [0.3, 0.4) is 0 Å². The third kappa shape index (κ3) is 4.02. The monoisotopic (exact) mass is 287 g/mol. The molecule has 0 saturated carbocycles. The third-order valence-corrected chi connectivity index (χ3v) is 3.58. The van der Waals surface area contributed by atoms with Crippen molar-refractivity contribution in [3.8, 4) is 0 Å². The number of aliphatic imine (C=N–C) groups is 1. The van der Waals surface area contributed by atoms with Crippen LogP contribution in [0.4, 0.5) is 0 Å².